The van der Waals surface area contributed by atoms with Crippen molar-refractivity contribution in [1.29, 1.82) is 0 Å². The number of carbonyl (C=O) groups is 2. The quantitative estimate of drug-likeness (QED) is 0.0675. The fourth-order valence-corrected chi connectivity index (χ4v) is 8.04. The van der Waals surface area contributed by atoms with E-state index in [0.29, 0.717) is 53.7 Å². The normalized spacial score (nSPS) is 11.2. The first-order valence-electron chi connectivity index (χ1n) is 22.3. The third-order valence-electron chi connectivity index (χ3n) is 11.0. The minimum absolute atomic E-state index is 0. The number of halogens is 8. The molecule has 0 aliphatic carbocycles. The predicted octanol–water partition coefficient (Wildman–Crippen LogP) is 15.0. The van der Waals surface area contributed by atoms with Crippen molar-refractivity contribution in [3.8, 4) is 56.4 Å². The van der Waals surface area contributed by atoms with Gasteiger partial charge in [0.25, 0.3) is 0 Å². The number of hydrogen-bond acceptors (Lipinski definition) is 5. The SMILES string of the molecule is C.CN(C)CCC(=O)Nc1ccc(-c2ccc(-c3ccc(Br)cc3)n2-c2ccccc2C(F)(F)F)cc1.CNCCC(=O)O.Nc1ccc(-c2ccc(-c3ccc(Br)cc3)n2-c2ccccc2C(F)(F)F)cc1. The van der Waals surface area contributed by atoms with E-state index in [4.69, 9.17) is 10.8 Å². The Morgan fingerprint density at radius 3 is 1.25 bits per heavy atom. The molecule has 73 heavy (non-hydrogen) atoms. The number of aromatic nitrogens is 2. The van der Waals surface area contributed by atoms with E-state index in [0.717, 1.165) is 43.3 Å². The van der Waals surface area contributed by atoms with E-state index in [9.17, 15) is 35.9 Å². The first-order chi connectivity index (χ1) is 34.2. The van der Waals surface area contributed by atoms with Crippen LogP contribution in [0.2, 0.25) is 0 Å². The van der Waals surface area contributed by atoms with Crippen LogP contribution in [-0.2, 0) is 21.9 Å². The Labute approximate surface area is 437 Å². The number of alkyl halides is 6. The highest BCUT2D eigenvalue weighted by molar-refractivity contribution is 9.10. The van der Waals surface area contributed by atoms with Crippen molar-refractivity contribution in [1.82, 2.24) is 19.4 Å². The molecule has 0 unspecified atom stereocenters. The summed E-state index contributed by atoms with van der Waals surface area (Å²) in [7, 11) is 5.52. The summed E-state index contributed by atoms with van der Waals surface area (Å²) in [5.41, 5.74) is 11.4. The Morgan fingerprint density at radius 1 is 0.562 bits per heavy atom. The van der Waals surface area contributed by atoms with Crippen LogP contribution in [0.4, 0.5) is 37.7 Å². The van der Waals surface area contributed by atoms with Gasteiger partial charge in [-0.25, -0.2) is 0 Å². The lowest BCUT2D eigenvalue weighted by atomic mass is 10.1. The average molecular weight is 1130 g/mol. The summed E-state index contributed by atoms with van der Waals surface area (Å²) in [5, 5.41) is 13.6. The van der Waals surface area contributed by atoms with Crippen LogP contribution >= 0.6 is 31.9 Å². The molecule has 0 aliphatic rings. The molecule has 2 heterocycles. The topological polar surface area (TPSA) is 118 Å². The van der Waals surface area contributed by atoms with Crippen LogP contribution in [0.3, 0.4) is 0 Å². The summed E-state index contributed by atoms with van der Waals surface area (Å²) in [5.74, 6) is -0.856. The molecule has 0 atom stereocenters. The molecule has 8 aromatic rings. The Morgan fingerprint density at radius 2 is 0.918 bits per heavy atom. The van der Waals surface area contributed by atoms with Gasteiger partial charge in [-0.1, -0.05) is 112 Å². The number of carbonyl (C=O) groups excluding carboxylic acids is 1. The molecule has 382 valence electrons. The number of hydrogen-bond donors (Lipinski definition) is 4. The van der Waals surface area contributed by atoms with Crippen LogP contribution in [0.15, 0.2) is 179 Å². The second-order valence-corrected chi connectivity index (χ2v) is 18.3. The monoisotopic (exact) mass is 1130 g/mol. The molecule has 9 nitrogen and oxygen atoms in total. The second-order valence-electron chi connectivity index (χ2n) is 16.5. The molecule has 8 rings (SSSR count). The average Bonchev–Trinajstić information content (AvgIpc) is 4.00. The molecule has 0 saturated heterocycles. The van der Waals surface area contributed by atoms with E-state index in [2.05, 4.69) is 42.5 Å². The zero-order valence-corrected chi connectivity index (χ0v) is 42.4. The maximum Gasteiger partial charge on any atom is 0.418 e. The van der Waals surface area contributed by atoms with Crippen molar-refractivity contribution in [3.05, 3.63) is 190 Å². The minimum atomic E-state index is -4.52. The Bertz CT molecular complexity index is 3000. The molecule has 1 amide bonds. The summed E-state index contributed by atoms with van der Waals surface area (Å²) in [4.78, 5) is 23.8. The van der Waals surface area contributed by atoms with Gasteiger partial charge in [0.05, 0.1) is 51.7 Å². The molecule has 6 aromatic carbocycles. The third kappa shape index (κ3) is 15.3. The summed E-state index contributed by atoms with van der Waals surface area (Å²) in [6.07, 6.45) is -8.43. The van der Waals surface area contributed by atoms with Gasteiger partial charge in [-0.05, 0) is 140 Å². The molecule has 0 radical (unpaired) electrons. The molecule has 0 saturated carbocycles. The van der Waals surface area contributed by atoms with Gasteiger partial charge in [0.15, 0.2) is 0 Å². The molecular weight excluding hydrogens is 1080 g/mol. The number of nitrogens with two attached hydrogens (primary N) is 1. The number of nitrogen functional groups attached to an aromatic ring is 1. The van der Waals surface area contributed by atoms with Crippen LogP contribution in [0.25, 0.3) is 56.4 Å². The number of nitrogens with zero attached hydrogens (tertiary/aromatic N) is 3. The summed E-state index contributed by atoms with van der Waals surface area (Å²) >= 11 is 6.81. The van der Waals surface area contributed by atoms with Gasteiger partial charge in [-0.3, -0.25) is 9.59 Å². The van der Waals surface area contributed by atoms with Gasteiger partial charge in [-0.15, -0.1) is 0 Å². The van der Waals surface area contributed by atoms with E-state index in [1.54, 1.807) is 64.7 Å². The Kier molecular flexibility index (Phi) is 20.0. The van der Waals surface area contributed by atoms with E-state index < -0.39 is 29.4 Å². The number of nitrogens with one attached hydrogen (secondary N) is 2. The first kappa shape index (κ1) is 57.0. The van der Waals surface area contributed by atoms with Gasteiger partial charge < -0.3 is 35.5 Å². The maximum absolute atomic E-state index is 14.0. The van der Waals surface area contributed by atoms with E-state index in [-0.39, 0.29) is 31.1 Å². The maximum atomic E-state index is 14.0. The molecule has 0 spiro atoms. The van der Waals surface area contributed by atoms with Crippen LogP contribution in [-0.4, -0.2) is 65.2 Å². The summed E-state index contributed by atoms with van der Waals surface area (Å²) < 4.78 is 88.4. The van der Waals surface area contributed by atoms with E-state index in [1.165, 1.54) is 24.3 Å². The number of benzene rings is 6. The molecule has 0 bridgehead atoms. The summed E-state index contributed by atoms with van der Waals surface area (Å²) in [6.45, 7) is 1.18. The zero-order chi connectivity index (χ0) is 52.2. The van der Waals surface area contributed by atoms with Gasteiger partial charge in [0, 0.05) is 39.8 Å². The third-order valence-corrected chi connectivity index (χ3v) is 12.0. The molecule has 0 aliphatic heterocycles. The number of para-hydroxylation sites is 2. The lowest BCUT2D eigenvalue weighted by molar-refractivity contribution is -0.138. The molecule has 17 heteroatoms. The van der Waals surface area contributed by atoms with Gasteiger partial charge in [0.2, 0.25) is 5.91 Å². The minimum Gasteiger partial charge on any atom is -0.481 e. The number of carboxylic acids is 1. The van der Waals surface area contributed by atoms with E-state index >= 15 is 0 Å². The lowest BCUT2D eigenvalue weighted by Gasteiger charge is -2.19. The predicted molar refractivity (Wildman–Crippen MR) is 288 cm³/mol. The highest BCUT2D eigenvalue weighted by Gasteiger charge is 2.36. The largest absolute Gasteiger partial charge is 0.481 e. The van der Waals surface area contributed by atoms with Crippen molar-refractivity contribution in [2.75, 3.05) is 45.3 Å². The summed E-state index contributed by atoms with van der Waals surface area (Å²) in [6, 6.07) is 47.6. The van der Waals surface area contributed by atoms with Crippen molar-refractivity contribution in [2.45, 2.75) is 32.6 Å². The lowest BCUT2D eigenvalue weighted by Crippen LogP contribution is -2.20. The van der Waals surface area contributed by atoms with Crippen molar-refractivity contribution < 1.29 is 41.0 Å². The van der Waals surface area contributed by atoms with Gasteiger partial charge in [-0.2, -0.15) is 26.3 Å². The molecule has 0 fully saturated rings. The number of anilines is 2. The van der Waals surface area contributed by atoms with Crippen molar-refractivity contribution >= 4 is 55.1 Å². The highest BCUT2D eigenvalue weighted by Crippen LogP contribution is 2.41. The fraction of sp³-hybridized carbons (Fsp3) is 0.179. The van der Waals surface area contributed by atoms with Gasteiger partial charge in [0.1, 0.15) is 0 Å². The van der Waals surface area contributed by atoms with Crippen molar-refractivity contribution in [2.24, 2.45) is 0 Å². The fourth-order valence-electron chi connectivity index (χ4n) is 7.51. The molecular formula is C56H54Br2F6N6O3. The zero-order valence-electron chi connectivity index (χ0n) is 39.2. The van der Waals surface area contributed by atoms with Crippen LogP contribution in [0, 0.1) is 0 Å². The Balaban J connectivity index is 0.000000240. The smallest absolute Gasteiger partial charge is 0.418 e. The van der Waals surface area contributed by atoms with E-state index in [1.807, 2.05) is 104 Å². The van der Waals surface area contributed by atoms with Gasteiger partial charge >= 0.3 is 18.3 Å². The highest BCUT2D eigenvalue weighted by atomic mass is 79.9. The number of aliphatic carboxylic acids is 1. The first-order valence-corrected chi connectivity index (χ1v) is 23.9. The number of carboxylic acid groups (broad SMARTS) is 1. The number of amides is 1. The molecule has 5 N–H and O–H groups in total. The molecule has 2 aromatic heterocycles. The van der Waals surface area contributed by atoms with Crippen LogP contribution < -0.4 is 16.4 Å². The van der Waals surface area contributed by atoms with Crippen LogP contribution in [0.1, 0.15) is 31.4 Å². The second kappa shape index (κ2) is 25.6. The standard InChI is InChI=1S/C28H25BrF3N3O.C23H16BrF3N2.C4H9NO2.CH4/c1-34(2)18-17-27(36)33-22-13-9-20(10-14-22)25-16-15-24(19-7-11-21(29)12-8-19)35(25)26-6-4-3-5-23(26)28(30,31)32;24-17-9-5-15(6-10-17)20-13-14-21(16-7-11-18(28)12-8-16)29(20)22-4-2-1-3-19(22)23(25,26)27;1-5-3-2-4(6)7;/h3-16H,17-18H2,1-2H3,(H,33,36);1-14H,28H2;5H,2-3H2,1H3,(H,6,7);1H4. The number of rotatable bonds is 13. The van der Waals surface area contributed by atoms with Crippen molar-refractivity contribution in [3.63, 3.8) is 0 Å². The van der Waals surface area contributed by atoms with Crippen LogP contribution in [0.5, 0.6) is 0 Å². The Hall–Kier alpha value is -6.92.